The zero-order valence-corrected chi connectivity index (χ0v) is 18.2. The summed E-state index contributed by atoms with van der Waals surface area (Å²) in [6, 6.07) is 19.1. The lowest BCUT2D eigenvalue weighted by Gasteiger charge is -2.08. The molecule has 2 aromatic carbocycles. The Morgan fingerprint density at radius 2 is 1.87 bits per heavy atom. The van der Waals surface area contributed by atoms with Gasteiger partial charge in [-0.15, -0.1) is 0 Å². The lowest BCUT2D eigenvalue weighted by atomic mass is 10.1. The number of aromatic nitrogens is 1. The minimum absolute atomic E-state index is 0.346. The molecule has 1 N–H and O–H groups in total. The first-order valence-electron chi connectivity index (χ1n) is 10.3. The highest BCUT2D eigenvalue weighted by Crippen LogP contribution is 2.33. The van der Waals surface area contributed by atoms with Crippen LogP contribution in [-0.4, -0.2) is 18.1 Å². The Balaban J connectivity index is 1.32. The molecule has 2 aromatic heterocycles. The van der Waals surface area contributed by atoms with E-state index < -0.39 is 0 Å². The number of nitrogens with zero attached hydrogens (tertiary/aromatic N) is 1. The molecule has 5 nitrogen and oxygen atoms in total. The van der Waals surface area contributed by atoms with Crippen LogP contribution in [0.5, 0.6) is 11.5 Å². The van der Waals surface area contributed by atoms with Gasteiger partial charge < -0.3 is 19.2 Å². The summed E-state index contributed by atoms with van der Waals surface area (Å²) in [6.45, 7) is 4.62. The van der Waals surface area contributed by atoms with Crippen molar-refractivity contribution in [2.45, 2.75) is 26.5 Å². The average Bonchev–Trinajstić information content (AvgIpc) is 3.13. The Labute approximate surface area is 187 Å². The normalized spacial score (nSPS) is 11.0. The molecule has 0 fully saturated rings. The zero-order valence-electron chi connectivity index (χ0n) is 17.4. The van der Waals surface area contributed by atoms with Crippen molar-refractivity contribution in [3.8, 4) is 11.5 Å². The summed E-state index contributed by atoms with van der Waals surface area (Å²) in [7, 11) is 0. The summed E-state index contributed by atoms with van der Waals surface area (Å²) in [6.07, 6.45) is 2.70. The van der Waals surface area contributed by atoms with Gasteiger partial charge in [0.1, 0.15) is 29.4 Å². The quantitative estimate of drug-likeness (QED) is 0.312. The maximum atomic E-state index is 6.07. The van der Waals surface area contributed by atoms with Gasteiger partial charge in [-0.25, -0.2) is 0 Å². The van der Waals surface area contributed by atoms with E-state index in [-0.39, 0.29) is 0 Å². The molecule has 0 radical (unpaired) electrons. The summed E-state index contributed by atoms with van der Waals surface area (Å²) in [5, 5.41) is 5.07. The third-order valence-corrected chi connectivity index (χ3v) is 5.24. The van der Waals surface area contributed by atoms with Gasteiger partial charge in [0.25, 0.3) is 0 Å². The summed E-state index contributed by atoms with van der Waals surface area (Å²) < 4.78 is 18.0. The van der Waals surface area contributed by atoms with Crippen LogP contribution >= 0.6 is 11.6 Å². The topological polar surface area (TPSA) is 56.5 Å². The Morgan fingerprint density at radius 1 is 1.00 bits per heavy atom. The molecule has 0 aliphatic rings. The van der Waals surface area contributed by atoms with E-state index in [1.807, 2.05) is 61.7 Å². The largest absolute Gasteiger partial charge is 0.493 e. The first-order valence-corrected chi connectivity index (χ1v) is 10.7. The molecule has 2 heterocycles. The number of hydrogen-bond acceptors (Lipinski definition) is 5. The lowest BCUT2D eigenvalue weighted by molar-refractivity contribution is 0.273. The van der Waals surface area contributed by atoms with Crippen molar-refractivity contribution >= 4 is 22.6 Å². The van der Waals surface area contributed by atoms with Crippen molar-refractivity contribution in [2.24, 2.45) is 0 Å². The number of nitrogens with one attached hydrogen (secondary N) is 1. The van der Waals surface area contributed by atoms with E-state index >= 15 is 0 Å². The fraction of sp³-hybridized carbons (Fsp3) is 0.240. The van der Waals surface area contributed by atoms with Crippen LogP contribution < -0.4 is 14.8 Å². The Kier molecular flexibility index (Phi) is 7.07. The van der Waals surface area contributed by atoms with Crippen LogP contribution in [0.2, 0.25) is 5.02 Å². The number of furan rings is 1. The molecule has 4 aromatic rings. The zero-order chi connectivity index (χ0) is 21.5. The molecule has 0 saturated heterocycles. The van der Waals surface area contributed by atoms with Crippen molar-refractivity contribution in [2.75, 3.05) is 13.2 Å². The predicted molar refractivity (Wildman–Crippen MR) is 123 cm³/mol. The second-order valence-electron chi connectivity index (χ2n) is 7.22. The van der Waals surface area contributed by atoms with Crippen LogP contribution in [0.3, 0.4) is 0 Å². The van der Waals surface area contributed by atoms with Crippen LogP contribution in [0, 0.1) is 6.92 Å². The van der Waals surface area contributed by atoms with Crippen LogP contribution in [0.1, 0.15) is 23.4 Å². The number of rotatable bonds is 10. The molecule has 0 aliphatic carbocycles. The van der Waals surface area contributed by atoms with Gasteiger partial charge in [-0.2, -0.15) is 0 Å². The minimum atomic E-state index is 0.346. The SMILES string of the molecule is Cc1c(COc2ccc(Cl)cc2)oc2cccc(OCCCNCc3ccccn3)c12. The molecule has 0 saturated carbocycles. The second-order valence-corrected chi connectivity index (χ2v) is 7.66. The molecule has 0 bridgehead atoms. The van der Waals surface area contributed by atoms with Crippen molar-refractivity contribution in [3.63, 3.8) is 0 Å². The molecule has 0 unspecified atom stereocenters. The number of hydrogen-bond donors (Lipinski definition) is 1. The van der Waals surface area contributed by atoms with Crippen LogP contribution in [0.25, 0.3) is 11.0 Å². The highest BCUT2D eigenvalue weighted by atomic mass is 35.5. The first kappa shape index (κ1) is 21.2. The van der Waals surface area contributed by atoms with E-state index in [4.69, 9.17) is 25.5 Å². The van der Waals surface area contributed by atoms with E-state index in [0.717, 1.165) is 59.0 Å². The third kappa shape index (κ3) is 5.57. The molecule has 0 spiro atoms. The molecular weight excluding hydrogens is 412 g/mol. The smallest absolute Gasteiger partial charge is 0.146 e. The molecule has 31 heavy (non-hydrogen) atoms. The van der Waals surface area contributed by atoms with E-state index in [1.165, 1.54) is 0 Å². The first-order chi connectivity index (χ1) is 15.2. The standard InChI is InChI=1S/C25H25ClN2O3/c1-18-24(17-30-21-11-9-19(26)10-12-21)31-23-8-4-7-22(25(18)23)29-15-5-13-27-16-20-6-2-3-14-28-20/h2-4,6-12,14,27H,5,13,15-17H2,1H3. The second kappa shape index (κ2) is 10.3. The summed E-state index contributed by atoms with van der Waals surface area (Å²) >= 11 is 5.93. The lowest BCUT2D eigenvalue weighted by Crippen LogP contribution is -2.17. The third-order valence-electron chi connectivity index (χ3n) is 4.99. The van der Waals surface area contributed by atoms with E-state index in [1.54, 1.807) is 12.1 Å². The van der Waals surface area contributed by atoms with Gasteiger partial charge in [0.05, 0.1) is 17.7 Å². The van der Waals surface area contributed by atoms with E-state index in [9.17, 15) is 0 Å². The van der Waals surface area contributed by atoms with Crippen molar-refractivity contribution in [1.82, 2.24) is 10.3 Å². The van der Waals surface area contributed by atoms with Gasteiger partial charge in [-0.05, 0) is 68.4 Å². The van der Waals surface area contributed by atoms with Gasteiger partial charge in [-0.3, -0.25) is 4.98 Å². The molecule has 4 rings (SSSR count). The highest BCUT2D eigenvalue weighted by molar-refractivity contribution is 6.30. The maximum Gasteiger partial charge on any atom is 0.146 e. The summed E-state index contributed by atoms with van der Waals surface area (Å²) in [5.41, 5.74) is 2.88. The Hall–Kier alpha value is -3.02. The number of ether oxygens (including phenoxy) is 2. The van der Waals surface area contributed by atoms with Crippen LogP contribution in [0.15, 0.2) is 71.3 Å². The maximum absolute atomic E-state index is 6.07. The van der Waals surface area contributed by atoms with Gasteiger partial charge >= 0.3 is 0 Å². The Morgan fingerprint density at radius 3 is 2.68 bits per heavy atom. The molecule has 0 atom stereocenters. The fourth-order valence-corrected chi connectivity index (χ4v) is 3.48. The molecule has 0 amide bonds. The minimum Gasteiger partial charge on any atom is -0.493 e. The van der Waals surface area contributed by atoms with Gasteiger partial charge in [0.15, 0.2) is 0 Å². The number of halogens is 1. The highest BCUT2D eigenvalue weighted by Gasteiger charge is 2.15. The van der Waals surface area contributed by atoms with Gasteiger partial charge in [0.2, 0.25) is 0 Å². The van der Waals surface area contributed by atoms with Crippen molar-refractivity contribution < 1.29 is 13.9 Å². The monoisotopic (exact) mass is 436 g/mol. The van der Waals surface area contributed by atoms with Gasteiger partial charge in [0, 0.05) is 23.3 Å². The summed E-state index contributed by atoms with van der Waals surface area (Å²) in [5.74, 6) is 2.37. The van der Waals surface area contributed by atoms with E-state index in [2.05, 4.69) is 10.3 Å². The molecule has 0 aliphatic heterocycles. The van der Waals surface area contributed by atoms with Crippen LogP contribution in [0.4, 0.5) is 0 Å². The number of pyridine rings is 1. The van der Waals surface area contributed by atoms with Crippen molar-refractivity contribution in [3.05, 3.63) is 88.9 Å². The van der Waals surface area contributed by atoms with Crippen LogP contribution in [-0.2, 0) is 13.2 Å². The number of fused-ring (bicyclic) bond motifs is 1. The number of benzene rings is 2. The molecular formula is C25H25ClN2O3. The molecule has 6 heteroatoms. The summed E-state index contributed by atoms with van der Waals surface area (Å²) in [4.78, 5) is 4.31. The average molecular weight is 437 g/mol. The molecule has 160 valence electrons. The Bertz CT molecular complexity index is 1110. The van der Waals surface area contributed by atoms with E-state index in [0.29, 0.717) is 18.2 Å². The van der Waals surface area contributed by atoms with Crippen molar-refractivity contribution in [1.29, 1.82) is 0 Å². The number of aryl methyl sites for hydroxylation is 1. The predicted octanol–water partition coefficient (Wildman–Crippen LogP) is 5.93. The fourth-order valence-electron chi connectivity index (χ4n) is 3.35. The van der Waals surface area contributed by atoms with Gasteiger partial charge in [-0.1, -0.05) is 23.7 Å².